The second-order valence-electron chi connectivity index (χ2n) is 5.61. The van der Waals surface area contributed by atoms with Gasteiger partial charge in [0.15, 0.2) is 5.13 Å². The smallest absolute Gasteiger partial charge is 0.257 e. The number of thiazole rings is 1. The third kappa shape index (κ3) is 3.24. The number of halogens is 1. The van der Waals surface area contributed by atoms with E-state index in [0.29, 0.717) is 16.2 Å². The summed E-state index contributed by atoms with van der Waals surface area (Å²) in [5, 5.41) is 3.51. The van der Waals surface area contributed by atoms with Crippen LogP contribution in [0.15, 0.2) is 30.6 Å². The zero-order valence-corrected chi connectivity index (χ0v) is 14.4. The maximum absolute atomic E-state index is 12.4. The number of nitrogens with zero attached hydrogens (tertiary/aromatic N) is 3. The summed E-state index contributed by atoms with van der Waals surface area (Å²) >= 11 is 1.51. The summed E-state index contributed by atoms with van der Waals surface area (Å²) in [6.45, 7) is 0. The number of rotatable bonds is 2. The van der Waals surface area contributed by atoms with Crippen LogP contribution in [0.5, 0.6) is 0 Å². The Morgan fingerprint density at radius 3 is 2.88 bits per heavy atom. The second kappa shape index (κ2) is 6.80. The van der Waals surface area contributed by atoms with E-state index >= 15 is 0 Å². The van der Waals surface area contributed by atoms with Gasteiger partial charge in [0, 0.05) is 28.9 Å². The Balaban J connectivity index is 0.00000169. The standard InChI is InChI=1S/C16H15N5OS.ClH/c17-10-2-4-12-14(8-10)23-16(20-12)21-15(22)9-1-3-11-13(7-9)19-6-5-18-11;/h1,3,5-7,10H,2,4,8,17H2,(H,20,21,22);1H/t10-;/m0./s1. The number of aryl methyl sites for hydroxylation is 1. The van der Waals surface area contributed by atoms with E-state index in [1.807, 2.05) is 0 Å². The van der Waals surface area contributed by atoms with Crippen molar-refractivity contribution in [1.82, 2.24) is 15.0 Å². The highest BCUT2D eigenvalue weighted by atomic mass is 35.5. The lowest BCUT2D eigenvalue weighted by Gasteiger charge is -2.15. The van der Waals surface area contributed by atoms with Gasteiger partial charge in [0.2, 0.25) is 0 Å². The highest BCUT2D eigenvalue weighted by molar-refractivity contribution is 7.15. The molecule has 8 heteroatoms. The molecular formula is C16H16ClN5OS. The molecule has 0 aliphatic heterocycles. The molecule has 4 rings (SSSR count). The minimum absolute atomic E-state index is 0. The fraction of sp³-hybridized carbons (Fsp3) is 0.250. The van der Waals surface area contributed by atoms with E-state index in [9.17, 15) is 4.79 Å². The molecule has 24 heavy (non-hydrogen) atoms. The van der Waals surface area contributed by atoms with E-state index in [1.165, 1.54) is 16.2 Å². The molecule has 0 saturated heterocycles. The third-order valence-electron chi connectivity index (χ3n) is 3.93. The molecule has 1 amide bonds. The summed E-state index contributed by atoms with van der Waals surface area (Å²) in [7, 11) is 0. The Kier molecular flexibility index (Phi) is 4.75. The molecule has 1 aliphatic rings. The number of nitrogens with two attached hydrogens (primary N) is 1. The number of nitrogens with one attached hydrogen (secondary N) is 1. The Morgan fingerprint density at radius 1 is 1.25 bits per heavy atom. The van der Waals surface area contributed by atoms with Gasteiger partial charge < -0.3 is 5.73 Å². The summed E-state index contributed by atoms with van der Waals surface area (Å²) in [6, 6.07) is 5.48. The molecule has 1 aromatic carbocycles. The van der Waals surface area contributed by atoms with E-state index in [0.717, 1.165) is 30.5 Å². The van der Waals surface area contributed by atoms with Crippen LogP contribution in [-0.4, -0.2) is 26.9 Å². The van der Waals surface area contributed by atoms with Gasteiger partial charge in [0.1, 0.15) is 0 Å². The van der Waals surface area contributed by atoms with Crippen LogP contribution in [0.1, 0.15) is 27.3 Å². The predicted molar refractivity (Wildman–Crippen MR) is 96.9 cm³/mol. The van der Waals surface area contributed by atoms with Crippen LogP contribution in [-0.2, 0) is 12.8 Å². The fourth-order valence-electron chi connectivity index (χ4n) is 2.73. The molecule has 0 radical (unpaired) electrons. The van der Waals surface area contributed by atoms with Gasteiger partial charge in [-0.3, -0.25) is 20.1 Å². The molecule has 2 aromatic heterocycles. The lowest BCUT2D eigenvalue weighted by molar-refractivity contribution is 0.102. The molecule has 3 N–H and O–H groups in total. The molecule has 0 bridgehead atoms. The van der Waals surface area contributed by atoms with Crippen molar-refractivity contribution >= 4 is 45.8 Å². The van der Waals surface area contributed by atoms with E-state index in [4.69, 9.17) is 5.73 Å². The monoisotopic (exact) mass is 361 g/mol. The summed E-state index contributed by atoms with van der Waals surface area (Å²) < 4.78 is 0. The summed E-state index contributed by atoms with van der Waals surface area (Å²) in [5.74, 6) is -0.187. The molecule has 0 spiro atoms. The largest absolute Gasteiger partial charge is 0.327 e. The number of hydrogen-bond donors (Lipinski definition) is 2. The second-order valence-corrected chi connectivity index (χ2v) is 6.69. The molecular weight excluding hydrogens is 346 g/mol. The van der Waals surface area contributed by atoms with Crippen molar-refractivity contribution < 1.29 is 4.79 Å². The van der Waals surface area contributed by atoms with Gasteiger partial charge in [0.05, 0.1) is 16.7 Å². The molecule has 6 nitrogen and oxygen atoms in total. The van der Waals surface area contributed by atoms with Crippen LogP contribution in [0, 0.1) is 0 Å². The van der Waals surface area contributed by atoms with Crippen molar-refractivity contribution in [3.8, 4) is 0 Å². The molecule has 0 saturated carbocycles. The van der Waals surface area contributed by atoms with E-state index in [2.05, 4.69) is 20.3 Å². The predicted octanol–water partition coefficient (Wildman–Crippen LogP) is 2.58. The van der Waals surface area contributed by atoms with Gasteiger partial charge >= 0.3 is 0 Å². The van der Waals surface area contributed by atoms with Crippen molar-refractivity contribution in [3.63, 3.8) is 0 Å². The maximum atomic E-state index is 12.4. The quantitative estimate of drug-likeness (QED) is 0.731. The number of carbonyl (C=O) groups excluding carboxylic acids is 1. The van der Waals surface area contributed by atoms with E-state index in [1.54, 1.807) is 30.6 Å². The van der Waals surface area contributed by atoms with Crippen LogP contribution in [0.4, 0.5) is 5.13 Å². The summed E-state index contributed by atoms with van der Waals surface area (Å²) in [4.78, 5) is 26.5. The normalized spacial score (nSPS) is 16.3. The molecule has 3 aromatic rings. The lowest BCUT2D eigenvalue weighted by atomic mass is 9.99. The van der Waals surface area contributed by atoms with Crippen molar-refractivity contribution in [1.29, 1.82) is 0 Å². The molecule has 124 valence electrons. The first-order valence-corrected chi connectivity index (χ1v) is 8.27. The summed E-state index contributed by atoms with van der Waals surface area (Å²) in [6.07, 6.45) is 5.92. The number of carbonyl (C=O) groups is 1. The highest BCUT2D eigenvalue weighted by Crippen LogP contribution is 2.29. The topological polar surface area (TPSA) is 93.8 Å². The Morgan fingerprint density at radius 2 is 2.04 bits per heavy atom. The van der Waals surface area contributed by atoms with E-state index in [-0.39, 0.29) is 24.4 Å². The minimum atomic E-state index is -0.187. The molecule has 0 unspecified atom stereocenters. The van der Waals surface area contributed by atoms with Crippen LogP contribution in [0.2, 0.25) is 0 Å². The van der Waals surface area contributed by atoms with Crippen molar-refractivity contribution in [3.05, 3.63) is 46.7 Å². The first-order valence-electron chi connectivity index (χ1n) is 7.45. The van der Waals surface area contributed by atoms with E-state index < -0.39 is 0 Å². The number of hydrogen-bond acceptors (Lipinski definition) is 6. The average Bonchev–Trinajstić information content (AvgIpc) is 2.95. The zero-order valence-electron chi connectivity index (χ0n) is 12.7. The van der Waals surface area contributed by atoms with Gasteiger partial charge in [-0.05, 0) is 37.5 Å². The number of benzene rings is 1. The minimum Gasteiger partial charge on any atom is -0.327 e. The van der Waals surface area contributed by atoms with Crippen molar-refractivity contribution in [2.75, 3.05) is 5.32 Å². The fourth-order valence-corrected chi connectivity index (χ4v) is 3.82. The third-order valence-corrected chi connectivity index (χ3v) is 4.97. The number of fused-ring (bicyclic) bond motifs is 2. The van der Waals surface area contributed by atoms with Crippen LogP contribution >= 0.6 is 23.7 Å². The number of aromatic nitrogens is 3. The SMILES string of the molecule is Cl.N[C@H]1CCc2nc(NC(=O)c3ccc4nccnc4c3)sc2C1. The first kappa shape index (κ1) is 16.8. The van der Waals surface area contributed by atoms with Gasteiger partial charge in [0.25, 0.3) is 5.91 Å². The van der Waals surface area contributed by atoms with Gasteiger partial charge in [-0.25, -0.2) is 4.98 Å². The van der Waals surface area contributed by atoms with Gasteiger partial charge in [-0.1, -0.05) is 0 Å². The first-order chi connectivity index (χ1) is 11.2. The van der Waals surface area contributed by atoms with Crippen molar-refractivity contribution in [2.24, 2.45) is 5.73 Å². The molecule has 1 aliphatic carbocycles. The van der Waals surface area contributed by atoms with Crippen LogP contribution in [0.3, 0.4) is 0 Å². The van der Waals surface area contributed by atoms with Gasteiger partial charge in [-0.15, -0.1) is 23.7 Å². The lowest BCUT2D eigenvalue weighted by Crippen LogP contribution is -2.27. The van der Waals surface area contributed by atoms with Crippen LogP contribution in [0.25, 0.3) is 11.0 Å². The Labute approximate surface area is 148 Å². The highest BCUT2D eigenvalue weighted by Gasteiger charge is 2.21. The zero-order chi connectivity index (χ0) is 15.8. The molecule has 1 atom stereocenters. The maximum Gasteiger partial charge on any atom is 0.257 e. The summed E-state index contributed by atoms with van der Waals surface area (Å²) in [5.41, 5.74) is 9.06. The number of anilines is 1. The molecule has 0 fully saturated rings. The van der Waals surface area contributed by atoms with Gasteiger partial charge in [-0.2, -0.15) is 0 Å². The molecule has 2 heterocycles. The van der Waals surface area contributed by atoms with Crippen LogP contribution < -0.4 is 11.1 Å². The average molecular weight is 362 g/mol. The number of amides is 1. The Bertz CT molecular complexity index is 897. The van der Waals surface area contributed by atoms with Crippen molar-refractivity contribution in [2.45, 2.75) is 25.3 Å². The Hall–Kier alpha value is -2.09.